The van der Waals surface area contributed by atoms with E-state index in [0.29, 0.717) is 16.7 Å². The zero-order chi connectivity index (χ0) is 22.3. The van der Waals surface area contributed by atoms with Crippen molar-refractivity contribution in [1.29, 1.82) is 0 Å². The molecule has 170 valence electrons. The maximum Gasteiger partial charge on any atom is 0.223 e. The van der Waals surface area contributed by atoms with Gasteiger partial charge in [-0.3, -0.25) is 4.21 Å². The molecule has 2 heterocycles. The predicted octanol–water partition coefficient (Wildman–Crippen LogP) is 3.71. The van der Waals surface area contributed by atoms with Crippen molar-refractivity contribution < 1.29 is 4.21 Å². The van der Waals surface area contributed by atoms with Crippen LogP contribution in [0.2, 0.25) is 5.02 Å². The van der Waals surface area contributed by atoms with Gasteiger partial charge in [-0.15, -0.1) is 0 Å². The van der Waals surface area contributed by atoms with Crippen molar-refractivity contribution in [2.24, 2.45) is 5.73 Å². The average Bonchev–Trinajstić information content (AvgIpc) is 3.17. The van der Waals surface area contributed by atoms with E-state index in [0.717, 1.165) is 55.0 Å². The van der Waals surface area contributed by atoms with Gasteiger partial charge in [-0.2, -0.15) is 0 Å². The molecule has 2 fully saturated rings. The van der Waals surface area contributed by atoms with Crippen molar-refractivity contribution in [3.63, 3.8) is 0 Å². The number of hydrogen-bond donors (Lipinski definition) is 4. The second kappa shape index (κ2) is 8.67. The lowest BCUT2D eigenvalue weighted by Gasteiger charge is -2.39. The van der Waals surface area contributed by atoms with Crippen molar-refractivity contribution in [1.82, 2.24) is 19.7 Å². The Morgan fingerprint density at radius 3 is 2.78 bits per heavy atom. The van der Waals surface area contributed by atoms with Gasteiger partial charge in [0.05, 0.1) is 22.2 Å². The molecule has 0 aliphatic heterocycles. The highest BCUT2D eigenvalue weighted by molar-refractivity contribution is 7.99. The van der Waals surface area contributed by atoms with Crippen LogP contribution in [0.3, 0.4) is 0 Å². The number of halogens is 1. The molecule has 0 radical (unpaired) electrons. The second-order valence-electron chi connectivity index (χ2n) is 8.97. The van der Waals surface area contributed by atoms with Crippen molar-refractivity contribution in [3.8, 4) is 11.3 Å². The van der Waals surface area contributed by atoms with Crippen LogP contribution < -0.4 is 15.8 Å². The first-order valence-corrected chi connectivity index (χ1v) is 13.3. The van der Waals surface area contributed by atoms with E-state index in [1.807, 2.05) is 24.4 Å². The van der Waals surface area contributed by atoms with Crippen LogP contribution >= 0.6 is 11.6 Å². The fraction of sp³-hybridized carbons (Fsp3) is 0.435. The third-order valence-electron chi connectivity index (χ3n) is 6.71. The molecule has 0 saturated heterocycles. The zero-order valence-electron chi connectivity index (χ0n) is 17.9. The lowest BCUT2D eigenvalue weighted by atomic mass is 9.92. The Labute approximate surface area is 193 Å². The Balaban J connectivity index is 1.30. The quantitative estimate of drug-likeness (QED) is 0.409. The summed E-state index contributed by atoms with van der Waals surface area (Å²) in [5.41, 5.74) is 8.73. The topological polar surface area (TPSA) is 109 Å². The van der Waals surface area contributed by atoms with Gasteiger partial charge in [0.1, 0.15) is 0 Å². The third-order valence-corrected chi connectivity index (χ3v) is 9.29. The van der Waals surface area contributed by atoms with E-state index in [2.05, 4.69) is 31.9 Å². The molecule has 0 bridgehead atoms. The monoisotopic (exact) mass is 472 g/mol. The van der Waals surface area contributed by atoms with E-state index in [-0.39, 0.29) is 23.4 Å². The van der Waals surface area contributed by atoms with Gasteiger partial charge in [-0.1, -0.05) is 29.8 Å². The summed E-state index contributed by atoms with van der Waals surface area (Å²) in [4.78, 5) is 12.4. The largest absolute Gasteiger partial charge is 0.360 e. The standard InChI is InChI=1S/C23H29ClN6OS/c1-32(31,21-10-9-19(21)25)30-15-6-4-5-14(11-15)28-23-27-13-18(24)22(29-23)17-12-26-20-8-3-2-7-16(17)20/h2-3,7-8,12-15,19,21,26H,1,4-6,9-11,25H2,(H,30,31)(H,27,28,29)/t14-,15+,19-,21?,32?/m1/s1. The minimum absolute atomic E-state index is 0.00425. The molecule has 3 aromatic rings. The van der Waals surface area contributed by atoms with E-state index in [1.165, 1.54) is 0 Å². The highest BCUT2D eigenvalue weighted by Crippen LogP contribution is 2.33. The van der Waals surface area contributed by atoms with E-state index in [4.69, 9.17) is 22.3 Å². The molecule has 2 aliphatic rings. The van der Waals surface area contributed by atoms with Gasteiger partial charge in [0.2, 0.25) is 5.95 Å². The summed E-state index contributed by atoms with van der Waals surface area (Å²) >= 11 is 6.46. The summed E-state index contributed by atoms with van der Waals surface area (Å²) in [7, 11) is -2.39. The normalized spacial score (nSPS) is 27.6. The van der Waals surface area contributed by atoms with Crippen LogP contribution in [0.1, 0.15) is 38.5 Å². The molecule has 2 unspecified atom stereocenters. The van der Waals surface area contributed by atoms with Crippen molar-refractivity contribution >= 4 is 44.0 Å². The van der Waals surface area contributed by atoms with Crippen molar-refractivity contribution in [3.05, 3.63) is 41.7 Å². The van der Waals surface area contributed by atoms with Crippen LogP contribution in [0, 0.1) is 0 Å². The molecule has 5 rings (SSSR count). The maximum atomic E-state index is 13.1. The third kappa shape index (κ3) is 4.24. The molecule has 9 heteroatoms. The number of aromatic amines is 1. The Kier molecular flexibility index (Phi) is 5.88. The first kappa shape index (κ1) is 21.7. The molecule has 7 nitrogen and oxygen atoms in total. The van der Waals surface area contributed by atoms with Gasteiger partial charge in [-0.25, -0.2) is 14.7 Å². The summed E-state index contributed by atoms with van der Waals surface area (Å²) in [6, 6.07) is 8.39. The highest BCUT2D eigenvalue weighted by Gasteiger charge is 2.36. The van der Waals surface area contributed by atoms with Gasteiger partial charge in [0, 0.05) is 50.5 Å². The van der Waals surface area contributed by atoms with E-state index in [9.17, 15) is 4.21 Å². The molecule has 1 aromatic carbocycles. The SMILES string of the molecule is C=S(=O)(N[C@H]1CCC[C@@H](Nc2ncc(Cl)c(-c3c[nH]c4ccccc34)n2)C1)C1CC[C@H]1N. The first-order chi connectivity index (χ1) is 15.4. The molecule has 2 aromatic heterocycles. The molecule has 32 heavy (non-hydrogen) atoms. The van der Waals surface area contributed by atoms with Crippen LogP contribution in [0.25, 0.3) is 22.2 Å². The lowest BCUT2D eigenvalue weighted by molar-refractivity contribution is 0.378. The van der Waals surface area contributed by atoms with E-state index < -0.39 is 9.71 Å². The Hall–Kier alpha value is -2.13. The average molecular weight is 473 g/mol. The summed E-state index contributed by atoms with van der Waals surface area (Å²) in [5, 5.41) is 5.03. The predicted molar refractivity (Wildman–Crippen MR) is 133 cm³/mol. The number of anilines is 1. The Morgan fingerprint density at radius 1 is 1.19 bits per heavy atom. The van der Waals surface area contributed by atoms with Gasteiger partial charge < -0.3 is 16.0 Å². The number of fused-ring (bicyclic) bond motifs is 1. The molecule has 0 amide bonds. The molecular formula is C23H29ClN6OS. The van der Waals surface area contributed by atoms with Gasteiger partial charge >= 0.3 is 0 Å². The van der Waals surface area contributed by atoms with Crippen LogP contribution in [0.15, 0.2) is 36.7 Å². The maximum absolute atomic E-state index is 13.1. The molecule has 5 N–H and O–H groups in total. The van der Waals surface area contributed by atoms with E-state index >= 15 is 0 Å². The van der Waals surface area contributed by atoms with E-state index in [1.54, 1.807) is 6.20 Å². The number of rotatable bonds is 6. The zero-order valence-corrected chi connectivity index (χ0v) is 19.5. The van der Waals surface area contributed by atoms with Crippen molar-refractivity contribution in [2.45, 2.75) is 61.9 Å². The fourth-order valence-corrected chi connectivity index (χ4v) is 7.20. The minimum Gasteiger partial charge on any atom is -0.360 e. The fourth-order valence-electron chi connectivity index (χ4n) is 4.84. The number of para-hydroxylation sites is 1. The second-order valence-corrected chi connectivity index (χ2v) is 11.7. The number of benzene rings is 1. The van der Waals surface area contributed by atoms with Crippen LogP contribution in [0.4, 0.5) is 5.95 Å². The highest BCUT2D eigenvalue weighted by atomic mass is 35.5. The van der Waals surface area contributed by atoms with Crippen molar-refractivity contribution in [2.75, 3.05) is 5.32 Å². The number of aromatic nitrogens is 3. The minimum atomic E-state index is -2.39. The smallest absolute Gasteiger partial charge is 0.223 e. The summed E-state index contributed by atoms with van der Waals surface area (Å²) in [6.45, 7) is 0. The Bertz CT molecular complexity index is 1230. The molecule has 2 aliphatic carbocycles. The number of H-pyrrole nitrogens is 1. The van der Waals surface area contributed by atoms with Gasteiger partial charge in [0.25, 0.3) is 0 Å². The number of nitrogens with zero attached hydrogens (tertiary/aromatic N) is 2. The van der Waals surface area contributed by atoms with Gasteiger partial charge in [-0.05, 0) is 50.5 Å². The summed E-state index contributed by atoms with van der Waals surface area (Å²) in [5.74, 6) is 4.55. The summed E-state index contributed by atoms with van der Waals surface area (Å²) in [6.07, 6.45) is 9.25. The number of nitrogens with two attached hydrogens (primary N) is 1. The van der Waals surface area contributed by atoms with Gasteiger partial charge in [0.15, 0.2) is 0 Å². The molecule has 2 saturated carbocycles. The Morgan fingerprint density at radius 2 is 2.00 bits per heavy atom. The molecule has 0 spiro atoms. The number of hydrogen-bond acceptors (Lipinski definition) is 5. The lowest BCUT2D eigenvalue weighted by Crippen LogP contribution is -2.55. The number of nitrogens with one attached hydrogen (secondary N) is 3. The first-order valence-electron chi connectivity index (χ1n) is 11.2. The van der Waals surface area contributed by atoms with Crippen LogP contribution in [-0.2, 0) is 9.71 Å². The summed E-state index contributed by atoms with van der Waals surface area (Å²) < 4.78 is 16.4. The van der Waals surface area contributed by atoms with Crippen LogP contribution in [-0.4, -0.2) is 48.4 Å². The molecule has 5 atom stereocenters. The van der Waals surface area contributed by atoms with Crippen LogP contribution in [0.5, 0.6) is 0 Å². The molecular weight excluding hydrogens is 444 g/mol.